The lowest BCUT2D eigenvalue weighted by molar-refractivity contribution is 0.357. The van der Waals surface area contributed by atoms with Crippen molar-refractivity contribution in [2.45, 2.75) is 38.6 Å². The van der Waals surface area contributed by atoms with Crippen LogP contribution in [0.3, 0.4) is 0 Å². The number of hydrogen-bond acceptors (Lipinski definition) is 4. The van der Waals surface area contributed by atoms with Crippen molar-refractivity contribution in [3.05, 3.63) is 12.4 Å². The standard InChI is InChI=1S/C11H18N4/c1-8-3-2-4-10(5-8)15-11-13-6-9(12)7-14-11/h6-8,10H,2-5,12H2,1H3,(H,13,14,15). The molecule has 4 heteroatoms. The predicted octanol–water partition coefficient (Wildman–Crippen LogP) is 2.05. The van der Waals surface area contributed by atoms with Gasteiger partial charge in [0.05, 0.1) is 18.1 Å². The number of nitrogens with one attached hydrogen (secondary N) is 1. The summed E-state index contributed by atoms with van der Waals surface area (Å²) in [4.78, 5) is 8.30. The Labute approximate surface area is 90.3 Å². The number of hydrogen-bond donors (Lipinski definition) is 2. The summed E-state index contributed by atoms with van der Waals surface area (Å²) in [6.45, 7) is 2.30. The van der Waals surface area contributed by atoms with Crippen LogP contribution in [0, 0.1) is 5.92 Å². The highest BCUT2D eigenvalue weighted by Gasteiger charge is 2.18. The number of anilines is 2. The van der Waals surface area contributed by atoms with Crippen molar-refractivity contribution in [1.29, 1.82) is 0 Å². The molecule has 1 aliphatic carbocycles. The molecule has 2 unspecified atom stereocenters. The van der Waals surface area contributed by atoms with Gasteiger partial charge in [0.15, 0.2) is 0 Å². The molecule has 15 heavy (non-hydrogen) atoms. The van der Waals surface area contributed by atoms with Crippen LogP contribution in [0.15, 0.2) is 12.4 Å². The lowest BCUT2D eigenvalue weighted by atomic mass is 9.87. The lowest BCUT2D eigenvalue weighted by Crippen LogP contribution is -2.27. The average Bonchev–Trinajstić information content (AvgIpc) is 2.22. The first-order valence-electron chi connectivity index (χ1n) is 5.58. The van der Waals surface area contributed by atoms with Crippen LogP contribution >= 0.6 is 0 Å². The lowest BCUT2D eigenvalue weighted by Gasteiger charge is -2.27. The van der Waals surface area contributed by atoms with E-state index in [0.717, 1.165) is 5.92 Å². The van der Waals surface area contributed by atoms with Crippen molar-refractivity contribution >= 4 is 11.6 Å². The summed E-state index contributed by atoms with van der Waals surface area (Å²) in [6, 6.07) is 0.525. The Bertz CT molecular complexity index is 309. The third kappa shape index (κ3) is 2.81. The molecule has 1 aromatic heterocycles. The SMILES string of the molecule is CC1CCCC(Nc2ncc(N)cn2)C1. The predicted molar refractivity (Wildman–Crippen MR) is 61.5 cm³/mol. The second-order valence-corrected chi connectivity index (χ2v) is 4.45. The minimum atomic E-state index is 0.525. The van der Waals surface area contributed by atoms with E-state index in [-0.39, 0.29) is 0 Å². The molecule has 0 spiro atoms. The molecular weight excluding hydrogens is 188 g/mol. The van der Waals surface area contributed by atoms with Crippen LogP contribution in [-0.2, 0) is 0 Å². The summed E-state index contributed by atoms with van der Waals surface area (Å²) in [5.41, 5.74) is 6.14. The van der Waals surface area contributed by atoms with Gasteiger partial charge in [0, 0.05) is 6.04 Å². The fourth-order valence-corrected chi connectivity index (χ4v) is 2.16. The number of rotatable bonds is 2. The van der Waals surface area contributed by atoms with Crippen LogP contribution in [0.2, 0.25) is 0 Å². The maximum atomic E-state index is 5.53. The molecule has 0 amide bonds. The molecule has 1 aliphatic rings. The first-order valence-corrected chi connectivity index (χ1v) is 5.58. The minimum Gasteiger partial charge on any atom is -0.396 e. The van der Waals surface area contributed by atoms with E-state index >= 15 is 0 Å². The number of nitrogens with zero attached hydrogens (tertiary/aromatic N) is 2. The largest absolute Gasteiger partial charge is 0.396 e. The topological polar surface area (TPSA) is 63.8 Å². The van der Waals surface area contributed by atoms with Gasteiger partial charge in [-0.15, -0.1) is 0 Å². The van der Waals surface area contributed by atoms with Gasteiger partial charge < -0.3 is 11.1 Å². The Kier molecular flexibility index (Phi) is 3.04. The fraction of sp³-hybridized carbons (Fsp3) is 0.636. The third-order valence-corrected chi connectivity index (χ3v) is 2.94. The van der Waals surface area contributed by atoms with Gasteiger partial charge in [-0.3, -0.25) is 0 Å². The Hall–Kier alpha value is -1.32. The Morgan fingerprint density at radius 3 is 2.73 bits per heavy atom. The van der Waals surface area contributed by atoms with Gasteiger partial charge in [0.2, 0.25) is 5.95 Å². The van der Waals surface area contributed by atoms with Gasteiger partial charge >= 0.3 is 0 Å². The molecule has 0 aromatic carbocycles. The normalized spacial score (nSPS) is 26.2. The summed E-state index contributed by atoms with van der Waals surface area (Å²) in [5.74, 6) is 1.51. The van der Waals surface area contributed by atoms with E-state index in [1.165, 1.54) is 25.7 Å². The van der Waals surface area contributed by atoms with Gasteiger partial charge in [0.1, 0.15) is 0 Å². The molecule has 2 rings (SSSR count). The van der Waals surface area contributed by atoms with Crippen molar-refractivity contribution in [3.8, 4) is 0 Å². The molecule has 0 bridgehead atoms. The van der Waals surface area contributed by atoms with Crippen molar-refractivity contribution in [3.63, 3.8) is 0 Å². The van der Waals surface area contributed by atoms with Gasteiger partial charge in [0.25, 0.3) is 0 Å². The first kappa shape index (κ1) is 10.2. The maximum Gasteiger partial charge on any atom is 0.222 e. The zero-order valence-corrected chi connectivity index (χ0v) is 9.11. The molecule has 0 saturated heterocycles. The number of nitrogen functional groups attached to an aromatic ring is 1. The molecule has 3 N–H and O–H groups in total. The van der Waals surface area contributed by atoms with Crippen LogP contribution < -0.4 is 11.1 Å². The summed E-state index contributed by atoms with van der Waals surface area (Å²) in [7, 11) is 0. The monoisotopic (exact) mass is 206 g/mol. The fourth-order valence-electron chi connectivity index (χ4n) is 2.16. The van der Waals surface area contributed by atoms with E-state index in [0.29, 0.717) is 17.7 Å². The van der Waals surface area contributed by atoms with Crippen molar-refractivity contribution in [2.24, 2.45) is 5.92 Å². The van der Waals surface area contributed by atoms with E-state index < -0.39 is 0 Å². The summed E-state index contributed by atoms with van der Waals surface area (Å²) < 4.78 is 0. The second-order valence-electron chi connectivity index (χ2n) is 4.45. The van der Waals surface area contributed by atoms with E-state index in [4.69, 9.17) is 5.73 Å². The molecule has 82 valence electrons. The Morgan fingerprint density at radius 1 is 1.33 bits per heavy atom. The van der Waals surface area contributed by atoms with E-state index in [2.05, 4.69) is 22.2 Å². The van der Waals surface area contributed by atoms with Crippen molar-refractivity contribution < 1.29 is 0 Å². The summed E-state index contributed by atoms with van der Waals surface area (Å²) in [5, 5.41) is 3.36. The van der Waals surface area contributed by atoms with Crippen molar-refractivity contribution in [2.75, 3.05) is 11.1 Å². The van der Waals surface area contributed by atoms with Gasteiger partial charge in [-0.25, -0.2) is 9.97 Å². The highest BCUT2D eigenvalue weighted by atomic mass is 15.1. The van der Waals surface area contributed by atoms with Crippen LogP contribution in [-0.4, -0.2) is 16.0 Å². The third-order valence-electron chi connectivity index (χ3n) is 2.94. The van der Waals surface area contributed by atoms with Gasteiger partial charge in [-0.2, -0.15) is 0 Å². The van der Waals surface area contributed by atoms with Crippen LogP contribution in [0.4, 0.5) is 11.6 Å². The van der Waals surface area contributed by atoms with E-state index in [9.17, 15) is 0 Å². The molecule has 4 nitrogen and oxygen atoms in total. The Morgan fingerprint density at radius 2 is 2.07 bits per heavy atom. The summed E-state index contributed by atoms with van der Waals surface area (Å²) >= 11 is 0. The molecule has 1 heterocycles. The molecule has 2 atom stereocenters. The molecule has 0 aliphatic heterocycles. The summed E-state index contributed by atoms with van der Waals surface area (Å²) in [6.07, 6.45) is 8.36. The number of aromatic nitrogens is 2. The van der Waals surface area contributed by atoms with Crippen LogP contribution in [0.1, 0.15) is 32.6 Å². The second kappa shape index (κ2) is 4.47. The minimum absolute atomic E-state index is 0.525. The highest BCUT2D eigenvalue weighted by Crippen LogP contribution is 2.25. The average molecular weight is 206 g/mol. The molecule has 1 fully saturated rings. The van der Waals surface area contributed by atoms with E-state index in [1.54, 1.807) is 12.4 Å². The quantitative estimate of drug-likeness (QED) is 0.777. The van der Waals surface area contributed by atoms with Gasteiger partial charge in [-0.1, -0.05) is 19.8 Å². The zero-order chi connectivity index (χ0) is 10.7. The van der Waals surface area contributed by atoms with Crippen LogP contribution in [0.25, 0.3) is 0 Å². The number of nitrogens with two attached hydrogens (primary N) is 1. The molecule has 1 aromatic rings. The Balaban J connectivity index is 1.93. The zero-order valence-electron chi connectivity index (χ0n) is 9.11. The smallest absolute Gasteiger partial charge is 0.222 e. The van der Waals surface area contributed by atoms with Crippen LogP contribution in [0.5, 0.6) is 0 Å². The molecular formula is C11H18N4. The molecule has 1 saturated carbocycles. The highest BCUT2D eigenvalue weighted by molar-refractivity contribution is 5.36. The van der Waals surface area contributed by atoms with Crippen molar-refractivity contribution in [1.82, 2.24) is 9.97 Å². The maximum absolute atomic E-state index is 5.53. The van der Waals surface area contributed by atoms with E-state index in [1.807, 2.05) is 0 Å². The molecule has 0 radical (unpaired) electrons. The first-order chi connectivity index (χ1) is 7.24. The van der Waals surface area contributed by atoms with Gasteiger partial charge in [-0.05, 0) is 18.8 Å².